The molecule has 0 bridgehead atoms. The third-order valence-electron chi connectivity index (χ3n) is 3.88. The highest BCUT2D eigenvalue weighted by Gasteiger charge is 2.21. The van der Waals surface area contributed by atoms with Gasteiger partial charge in [0.15, 0.2) is 0 Å². The predicted molar refractivity (Wildman–Crippen MR) is 74.3 cm³/mol. The lowest BCUT2D eigenvalue weighted by Gasteiger charge is -2.28. The standard InChI is InChI=1S/C15H22N2O2/c1-11-2-3-12(14-9-16-4-6-18-14)8-13(11)15-10-17-5-7-19-15/h2-3,8,14-17H,4-7,9-10H2,1H3. The Hall–Kier alpha value is -0.940. The number of hydrogen-bond donors (Lipinski definition) is 2. The lowest BCUT2D eigenvalue weighted by atomic mass is 9.97. The summed E-state index contributed by atoms with van der Waals surface area (Å²) in [6.07, 6.45) is 0.342. The van der Waals surface area contributed by atoms with Crippen molar-refractivity contribution in [2.45, 2.75) is 19.1 Å². The van der Waals surface area contributed by atoms with Crippen molar-refractivity contribution in [3.8, 4) is 0 Å². The van der Waals surface area contributed by atoms with Crippen LogP contribution in [0, 0.1) is 6.92 Å². The van der Waals surface area contributed by atoms with E-state index in [0.29, 0.717) is 0 Å². The van der Waals surface area contributed by atoms with E-state index in [9.17, 15) is 0 Å². The number of benzene rings is 1. The first-order valence-electron chi connectivity index (χ1n) is 7.09. The lowest BCUT2D eigenvalue weighted by Crippen LogP contribution is -2.34. The van der Waals surface area contributed by atoms with E-state index in [4.69, 9.17) is 9.47 Å². The smallest absolute Gasteiger partial charge is 0.0952 e. The van der Waals surface area contributed by atoms with Crippen molar-refractivity contribution in [2.24, 2.45) is 0 Å². The molecule has 2 saturated heterocycles. The molecule has 19 heavy (non-hydrogen) atoms. The average molecular weight is 262 g/mol. The Morgan fingerprint density at radius 3 is 2.32 bits per heavy atom. The number of rotatable bonds is 2. The zero-order chi connectivity index (χ0) is 13.1. The van der Waals surface area contributed by atoms with Crippen molar-refractivity contribution < 1.29 is 9.47 Å². The topological polar surface area (TPSA) is 42.5 Å². The fourth-order valence-electron chi connectivity index (χ4n) is 2.75. The quantitative estimate of drug-likeness (QED) is 0.843. The SMILES string of the molecule is Cc1ccc(C2CNCCO2)cc1C1CNCCO1. The number of hydrogen-bond acceptors (Lipinski definition) is 4. The molecular weight excluding hydrogens is 240 g/mol. The molecule has 0 aromatic heterocycles. The molecular formula is C15H22N2O2. The Balaban J connectivity index is 1.82. The molecule has 4 heteroatoms. The van der Waals surface area contributed by atoms with Crippen LogP contribution in [0.2, 0.25) is 0 Å². The molecule has 2 heterocycles. The summed E-state index contributed by atoms with van der Waals surface area (Å²) in [7, 11) is 0. The van der Waals surface area contributed by atoms with Gasteiger partial charge in [-0.2, -0.15) is 0 Å². The third-order valence-corrected chi connectivity index (χ3v) is 3.88. The minimum atomic E-state index is 0.171. The molecule has 0 aliphatic carbocycles. The first-order chi connectivity index (χ1) is 9.34. The lowest BCUT2D eigenvalue weighted by molar-refractivity contribution is 0.0232. The van der Waals surface area contributed by atoms with Crippen molar-refractivity contribution in [1.82, 2.24) is 10.6 Å². The van der Waals surface area contributed by atoms with E-state index in [2.05, 4.69) is 35.8 Å². The van der Waals surface area contributed by atoms with Gasteiger partial charge in [-0.25, -0.2) is 0 Å². The Morgan fingerprint density at radius 2 is 1.68 bits per heavy atom. The summed E-state index contributed by atoms with van der Waals surface area (Å²) in [5.74, 6) is 0. The van der Waals surface area contributed by atoms with Crippen LogP contribution in [0.3, 0.4) is 0 Å². The molecule has 2 unspecified atom stereocenters. The Morgan fingerprint density at radius 1 is 1.00 bits per heavy atom. The number of aryl methyl sites for hydroxylation is 1. The zero-order valence-electron chi connectivity index (χ0n) is 11.4. The molecule has 2 fully saturated rings. The van der Waals surface area contributed by atoms with Crippen molar-refractivity contribution in [3.05, 3.63) is 34.9 Å². The molecule has 2 atom stereocenters. The highest BCUT2D eigenvalue weighted by atomic mass is 16.5. The molecule has 0 amide bonds. The molecule has 0 saturated carbocycles. The van der Waals surface area contributed by atoms with E-state index in [1.54, 1.807) is 0 Å². The predicted octanol–water partition coefficient (Wildman–Crippen LogP) is 1.32. The second-order valence-electron chi connectivity index (χ2n) is 5.24. The van der Waals surface area contributed by atoms with Crippen LogP contribution in [-0.4, -0.2) is 39.4 Å². The molecule has 1 aromatic rings. The van der Waals surface area contributed by atoms with E-state index >= 15 is 0 Å². The molecule has 1 aromatic carbocycles. The zero-order valence-corrected chi connectivity index (χ0v) is 11.4. The van der Waals surface area contributed by atoms with Crippen LogP contribution in [0.5, 0.6) is 0 Å². The fourth-order valence-corrected chi connectivity index (χ4v) is 2.75. The van der Waals surface area contributed by atoms with Gasteiger partial charge in [0.25, 0.3) is 0 Å². The Kier molecular flexibility index (Phi) is 4.13. The molecule has 0 radical (unpaired) electrons. The Bertz CT molecular complexity index is 424. The first kappa shape index (κ1) is 13.1. The molecule has 4 nitrogen and oxygen atoms in total. The second kappa shape index (κ2) is 6.01. The van der Waals surface area contributed by atoms with Crippen LogP contribution in [0.15, 0.2) is 18.2 Å². The second-order valence-corrected chi connectivity index (χ2v) is 5.24. The maximum absolute atomic E-state index is 5.87. The van der Waals surface area contributed by atoms with Crippen molar-refractivity contribution >= 4 is 0 Å². The summed E-state index contributed by atoms with van der Waals surface area (Å²) in [6.45, 7) is 7.42. The molecule has 3 rings (SSSR count). The van der Waals surface area contributed by atoms with Gasteiger partial charge in [0, 0.05) is 26.2 Å². The molecule has 0 spiro atoms. The van der Waals surface area contributed by atoms with Crippen molar-refractivity contribution in [3.63, 3.8) is 0 Å². The number of morpholine rings is 2. The van der Waals surface area contributed by atoms with E-state index in [-0.39, 0.29) is 12.2 Å². The summed E-state index contributed by atoms with van der Waals surface area (Å²) in [6, 6.07) is 6.61. The van der Waals surface area contributed by atoms with Crippen LogP contribution in [-0.2, 0) is 9.47 Å². The largest absolute Gasteiger partial charge is 0.371 e. The van der Waals surface area contributed by atoms with Crippen LogP contribution < -0.4 is 10.6 Å². The maximum atomic E-state index is 5.87. The fraction of sp³-hybridized carbons (Fsp3) is 0.600. The Labute approximate surface area is 114 Å². The summed E-state index contributed by atoms with van der Waals surface area (Å²) in [4.78, 5) is 0. The van der Waals surface area contributed by atoms with Crippen molar-refractivity contribution in [1.29, 1.82) is 0 Å². The maximum Gasteiger partial charge on any atom is 0.0952 e. The van der Waals surface area contributed by atoms with Gasteiger partial charge in [0.1, 0.15) is 0 Å². The van der Waals surface area contributed by atoms with Crippen LogP contribution in [0.1, 0.15) is 28.9 Å². The monoisotopic (exact) mass is 262 g/mol. The van der Waals surface area contributed by atoms with Gasteiger partial charge in [-0.05, 0) is 23.6 Å². The minimum Gasteiger partial charge on any atom is -0.371 e. The van der Waals surface area contributed by atoms with Gasteiger partial charge in [-0.3, -0.25) is 0 Å². The van der Waals surface area contributed by atoms with Crippen LogP contribution >= 0.6 is 0 Å². The normalized spacial score (nSPS) is 28.3. The van der Waals surface area contributed by atoms with E-state index < -0.39 is 0 Å². The summed E-state index contributed by atoms with van der Waals surface area (Å²) in [5, 5.41) is 6.77. The van der Waals surface area contributed by atoms with Crippen LogP contribution in [0.25, 0.3) is 0 Å². The van der Waals surface area contributed by atoms with Gasteiger partial charge in [0.05, 0.1) is 25.4 Å². The van der Waals surface area contributed by atoms with E-state index in [1.165, 1.54) is 16.7 Å². The average Bonchev–Trinajstić information content (AvgIpc) is 2.49. The highest BCUT2D eigenvalue weighted by Crippen LogP contribution is 2.27. The summed E-state index contributed by atoms with van der Waals surface area (Å²) < 4.78 is 11.7. The minimum absolute atomic E-state index is 0.171. The summed E-state index contributed by atoms with van der Waals surface area (Å²) in [5.41, 5.74) is 3.84. The van der Waals surface area contributed by atoms with Gasteiger partial charge < -0.3 is 20.1 Å². The number of nitrogens with one attached hydrogen (secondary N) is 2. The number of ether oxygens (including phenoxy) is 2. The van der Waals surface area contributed by atoms with E-state index in [0.717, 1.165) is 39.4 Å². The first-order valence-corrected chi connectivity index (χ1v) is 7.09. The molecule has 2 aliphatic rings. The molecule has 2 aliphatic heterocycles. The van der Waals surface area contributed by atoms with Crippen molar-refractivity contribution in [2.75, 3.05) is 39.4 Å². The van der Waals surface area contributed by atoms with Gasteiger partial charge in [-0.1, -0.05) is 18.2 Å². The molecule has 104 valence electrons. The molecule has 2 N–H and O–H groups in total. The van der Waals surface area contributed by atoms with Crippen LogP contribution in [0.4, 0.5) is 0 Å². The van der Waals surface area contributed by atoms with Gasteiger partial charge in [-0.15, -0.1) is 0 Å². The summed E-state index contributed by atoms with van der Waals surface area (Å²) >= 11 is 0. The van der Waals surface area contributed by atoms with E-state index in [1.807, 2.05) is 0 Å². The third kappa shape index (κ3) is 2.98. The highest BCUT2D eigenvalue weighted by molar-refractivity contribution is 5.34. The van der Waals surface area contributed by atoms with Gasteiger partial charge >= 0.3 is 0 Å². The van der Waals surface area contributed by atoms with Gasteiger partial charge in [0.2, 0.25) is 0 Å².